The minimum Gasteiger partial charge on any atom is -0.352 e. The van der Waals surface area contributed by atoms with Crippen molar-refractivity contribution in [3.8, 4) is 11.3 Å². The molecule has 36 heavy (non-hydrogen) atoms. The first-order chi connectivity index (χ1) is 17.4. The molecule has 0 atom stereocenters. The minimum absolute atomic E-state index is 0.0131. The van der Waals surface area contributed by atoms with E-state index in [-0.39, 0.29) is 24.4 Å². The second-order valence-corrected chi connectivity index (χ2v) is 10.1. The highest BCUT2D eigenvalue weighted by atomic mass is 35.5. The van der Waals surface area contributed by atoms with Crippen molar-refractivity contribution in [2.24, 2.45) is 0 Å². The van der Waals surface area contributed by atoms with E-state index >= 15 is 0 Å². The molecule has 3 aromatic rings. The third kappa shape index (κ3) is 5.47. The Morgan fingerprint density at radius 1 is 0.944 bits per heavy atom. The van der Waals surface area contributed by atoms with E-state index in [9.17, 15) is 9.59 Å². The molecular formula is C27H27Cl2N5O2. The Labute approximate surface area is 220 Å². The van der Waals surface area contributed by atoms with Crippen molar-refractivity contribution < 1.29 is 9.59 Å². The van der Waals surface area contributed by atoms with Gasteiger partial charge in [-0.05, 0) is 62.2 Å². The lowest BCUT2D eigenvalue weighted by molar-refractivity contribution is -0.132. The van der Waals surface area contributed by atoms with E-state index in [1.165, 1.54) is 0 Å². The van der Waals surface area contributed by atoms with Crippen molar-refractivity contribution in [1.82, 2.24) is 20.0 Å². The van der Waals surface area contributed by atoms with Crippen LogP contribution in [0.5, 0.6) is 0 Å². The molecule has 2 fully saturated rings. The molecule has 7 nitrogen and oxygen atoms in total. The fraction of sp³-hybridized carbons (Fsp3) is 0.333. The number of nitrogens with zero attached hydrogens (tertiary/aromatic N) is 5. The largest absolute Gasteiger partial charge is 0.352 e. The predicted molar refractivity (Wildman–Crippen MR) is 142 cm³/mol. The van der Waals surface area contributed by atoms with Crippen molar-refractivity contribution in [2.45, 2.75) is 25.8 Å². The van der Waals surface area contributed by atoms with Crippen molar-refractivity contribution in [1.29, 1.82) is 0 Å². The van der Waals surface area contributed by atoms with Gasteiger partial charge in [0.1, 0.15) is 6.54 Å². The van der Waals surface area contributed by atoms with Crippen LogP contribution in [0.2, 0.25) is 10.0 Å². The van der Waals surface area contributed by atoms with Crippen LogP contribution in [0.15, 0.2) is 54.6 Å². The van der Waals surface area contributed by atoms with E-state index in [1.54, 1.807) is 17.0 Å². The topological polar surface area (TPSA) is 69.6 Å². The second-order valence-electron chi connectivity index (χ2n) is 9.30. The van der Waals surface area contributed by atoms with E-state index in [2.05, 4.69) is 15.1 Å². The summed E-state index contributed by atoms with van der Waals surface area (Å²) in [6.07, 6.45) is 1.91. The summed E-state index contributed by atoms with van der Waals surface area (Å²) in [6.45, 7) is 4.55. The number of hydrogen-bond acceptors (Lipinski definition) is 5. The zero-order chi connectivity index (χ0) is 25.2. The van der Waals surface area contributed by atoms with Crippen LogP contribution in [0.25, 0.3) is 11.3 Å². The standard InChI is InChI=1S/C27H27Cl2N5O2/c1-18-2-4-19(5-3-18)27(36)34(21-7-8-21)17-26(35)33-14-12-32(13-15-33)25-11-10-24(30-31-25)22-9-6-20(28)16-23(22)29/h2-6,9-11,16,21H,7-8,12-15,17H2,1H3. The first kappa shape index (κ1) is 24.5. The number of hydrogen-bond donors (Lipinski definition) is 0. The zero-order valence-corrected chi connectivity index (χ0v) is 21.5. The van der Waals surface area contributed by atoms with Gasteiger partial charge in [-0.15, -0.1) is 10.2 Å². The van der Waals surface area contributed by atoms with Crippen LogP contribution >= 0.6 is 23.2 Å². The smallest absolute Gasteiger partial charge is 0.254 e. The van der Waals surface area contributed by atoms with Gasteiger partial charge in [0.15, 0.2) is 5.82 Å². The van der Waals surface area contributed by atoms with Crippen molar-refractivity contribution >= 4 is 40.8 Å². The molecule has 0 N–H and O–H groups in total. The molecule has 2 aromatic carbocycles. The Balaban J connectivity index is 1.18. The molecule has 0 bridgehead atoms. The van der Waals surface area contributed by atoms with Gasteiger partial charge in [0.05, 0.1) is 10.7 Å². The predicted octanol–water partition coefficient (Wildman–Crippen LogP) is 4.71. The van der Waals surface area contributed by atoms with E-state index in [0.717, 1.165) is 29.8 Å². The van der Waals surface area contributed by atoms with Crippen molar-refractivity contribution in [2.75, 3.05) is 37.6 Å². The van der Waals surface area contributed by atoms with Crippen LogP contribution in [0, 0.1) is 6.92 Å². The maximum absolute atomic E-state index is 13.1. The number of anilines is 1. The van der Waals surface area contributed by atoms with E-state index in [4.69, 9.17) is 23.2 Å². The summed E-state index contributed by atoms with van der Waals surface area (Å²) >= 11 is 12.3. The molecule has 1 aromatic heterocycles. The van der Waals surface area contributed by atoms with E-state index < -0.39 is 0 Å². The average Bonchev–Trinajstić information content (AvgIpc) is 3.73. The normalized spacial score (nSPS) is 15.6. The summed E-state index contributed by atoms with van der Waals surface area (Å²) in [5.41, 5.74) is 3.18. The molecular weight excluding hydrogens is 497 g/mol. The van der Waals surface area contributed by atoms with Gasteiger partial charge in [-0.1, -0.05) is 40.9 Å². The molecule has 186 valence electrons. The van der Waals surface area contributed by atoms with Gasteiger partial charge in [-0.25, -0.2) is 0 Å². The number of aromatic nitrogens is 2. The van der Waals surface area contributed by atoms with Gasteiger partial charge in [0.2, 0.25) is 5.91 Å². The van der Waals surface area contributed by atoms with Gasteiger partial charge >= 0.3 is 0 Å². The summed E-state index contributed by atoms with van der Waals surface area (Å²) < 4.78 is 0. The Hall–Kier alpha value is -3.16. The first-order valence-corrected chi connectivity index (χ1v) is 12.8. The lowest BCUT2D eigenvalue weighted by Crippen LogP contribution is -2.52. The Morgan fingerprint density at radius 3 is 2.28 bits per heavy atom. The molecule has 2 aliphatic rings. The highest BCUT2D eigenvalue weighted by Gasteiger charge is 2.35. The highest BCUT2D eigenvalue weighted by Crippen LogP contribution is 2.30. The molecule has 1 aliphatic heterocycles. The summed E-state index contributed by atoms with van der Waals surface area (Å²) in [4.78, 5) is 31.9. The Kier molecular flexibility index (Phi) is 7.12. The highest BCUT2D eigenvalue weighted by molar-refractivity contribution is 6.36. The maximum atomic E-state index is 13.1. The summed E-state index contributed by atoms with van der Waals surface area (Å²) in [5, 5.41) is 9.82. The number of halogens is 2. The van der Waals surface area contributed by atoms with E-state index in [0.29, 0.717) is 47.5 Å². The van der Waals surface area contributed by atoms with Crippen LogP contribution in [-0.4, -0.2) is 70.6 Å². The second kappa shape index (κ2) is 10.4. The van der Waals surface area contributed by atoms with Gasteiger partial charge in [0, 0.05) is 48.4 Å². The van der Waals surface area contributed by atoms with Crippen LogP contribution < -0.4 is 4.90 Å². The third-order valence-electron chi connectivity index (χ3n) is 6.67. The molecule has 0 radical (unpaired) electrons. The lowest BCUT2D eigenvalue weighted by Gasteiger charge is -2.36. The molecule has 9 heteroatoms. The summed E-state index contributed by atoms with van der Waals surface area (Å²) in [7, 11) is 0. The average molecular weight is 524 g/mol. The lowest BCUT2D eigenvalue weighted by atomic mass is 10.1. The molecule has 2 heterocycles. The summed E-state index contributed by atoms with van der Waals surface area (Å²) in [5.74, 6) is 0.673. The number of carbonyl (C=O) groups is 2. The molecule has 1 saturated carbocycles. The zero-order valence-electron chi connectivity index (χ0n) is 20.0. The quantitative estimate of drug-likeness (QED) is 0.467. The molecule has 0 spiro atoms. The number of piperazine rings is 1. The SMILES string of the molecule is Cc1ccc(C(=O)N(CC(=O)N2CCN(c3ccc(-c4ccc(Cl)cc4Cl)nn3)CC2)C2CC2)cc1. The van der Waals surface area contributed by atoms with Crippen LogP contribution in [-0.2, 0) is 4.79 Å². The number of carbonyl (C=O) groups excluding carboxylic acids is 2. The Bertz CT molecular complexity index is 1250. The monoisotopic (exact) mass is 523 g/mol. The van der Waals surface area contributed by atoms with Gasteiger partial charge in [0.25, 0.3) is 5.91 Å². The van der Waals surface area contributed by atoms with Gasteiger partial charge in [-0.3, -0.25) is 9.59 Å². The van der Waals surface area contributed by atoms with Gasteiger partial charge in [-0.2, -0.15) is 0 Å². The molecule has 5 rings (SSSR count). The fourth-order valence-corrected chi connectivity index (χ4v) is 4.89. The minimum atomic E-state index is -0.0689. The summed E-state index contributed by atoms with van der Waals surface area (Å²) in [6, 6.07) is 16.8. The van der Waals surface area contributed by atoms with Crippen LogP contribution in [0.1, 0.15) is 28.8 Å². The molecule has 1 aliphatic carbocycles. The van der Waals surface area contributed by atoms with Crippen molar-refractivity contribution in [3.05, 3.63) is 75.8 Å². The molecule has 1 saturated heterocycles. The van der Waals surface area contributed by atoms with Crippen molar-refractivity contribution in [3.63, 3.8) is 0 Å². The van der Waals surface area contributed by atoms with E-state index in [1.807, 2.05) is 54.3 Å². The fourth-order valence-electron chi connectivity index (χ4n) is 4.38. The van der Waals surface area contributed by atoms with Crippen LogP contribution in [0.3, 0.4) is 0 Å². The maximum Gasteiger partial charge on any atom is 0.254 e. The van der Waals surface area contributed by atoms with Gasteiger partial charge < -0.3 is 14.7 Å². The first-order valence-electron chi connectivity index (χ1n) is 12.1. The number of rotatable bonds is 6. The Morgan fingerprint density at radius 2 is 1.67 bits per heavy atom. The molecule has 2 amide bonds. The third-order valence-corrected chi connectivity index (χ3v) is 7.21. The molecule has 0 unspecified atom stereocenters. The number of amides is 2. The van der Waals surface area contributed by atoms with Crippen LogP contribution in [0.4, 0.5) is 5.82 Å². The number of aryl methyl sites for hydroxylation is 1. The number of benzene rings is 2.